The number of thioether (sulfide) groups is 1. The Morgan fingerprint density at radius 2 is 2.00 bits per heavy atom. The van der Waals surface area contributed by atoms with E-state index in [0.717, 1.165) is 29.0 Å². The molecule has 1 aliphatic rings. The predicted octanol–water partition coefficient (Wildman–Crippen LogP) is 4.58. The van der Waals surface area contributed by atoms with Crippen molar-refractivity contribution in [2.24, 2.45) is 10.8 Å². The Hall–Kier alpha value is -1.82. The van der Waals surface area contributed by atoms with E-state index >= 15 is 0 Å². The lowest BCUT2D eigenvalue weighted by Gasteiger charge is -2.35. The number of nitrogens with zero attached hydrogens (tertiary/aromatic N) is 2. The summed E-state index contributed by atoms with van der Waals surface area (Å²) < 4.78 is 0. The molecule has 2 aromatic rings. The van der Waals surface area contributed by atoms with E-state index in [0.29, 0.717) is 18.0 Å². The first-order chi connectivity index (χ1) is 12.6. The van der Waals surface area contributed by atoms with Crippen LogP contribution in [-0.2, 0) is 9.67 Å². The number of rotatable bonds is 6. The first-order valence-corrected chi connectivity index (χ1v) is 9.92. The fraction of sp³-hybridized carbons (Fsp3) is 0.300. The minimum absolute atomic E-state index is 0.00426. The Bertz CT molecular complexity index is 812. The average molecular weight is 388 g/mol. The van der Waals surface area contributed by atoms with Crippen molar-refractivity contribution < 1.29 is 4.79 Å². The fourth-order valence-electron chi connectivity index (χ4n) is 3.06. The lowest BCUT2D eigenvalue weighted by Crippen LogP contribution is -2.41. The van der Waals surface area contributed by atoms with Crippen LogP contribution in [0.3, 0.4) is 0 Å². The van der Waals surface area contributed by atoms with Crippen molar-refractivity contribution in [1.82, 2.24) is 5.01 Å². The lowest BCUT2D eigenvalue weighted by atomic mass is 10.00. The van der Waals surface area contributed by atoms with E-state index in [2.05, 4.69) is 12.1 Å². The van der Waals surface area contributed by atoms with Crippen molar-refractivity contribution in [3.8, 4) is 0 Å². The van der Waals surface area contributed by atoms with Gasteiger partial charge in [0.05, 0.1) is 0 Å². The summed E-state index contributed by atoms with van der Waals surface area (Å²) in [5, 5.41) is 7.82. The monoisotopic (exact) mass is 387 g/mol. The highest BCUT2D eigenvalue weighted by atomic mass is 35.5. The summed E-state index contributed by atoms with van der Waals surface area (Å²) in [5.41, 5.74) is 7.77. The summed E-state index contributed by atoms with van der Waals surface area (Å²) in [6.07, 6.45) is 1.93. The molecule has 0 bridgehead atoms. The molecule has 26 heavy (non-hydrogen) atoms. The van der Waals surface area contributed by atoms with E-state index in [1.54, 1.807) is 16.8 Å². The third kappa shape index (κ3) is 3.65. The van der Waals surface area contributed by atoms with E-state index < -0.39 is 4.87 Å². The van der Waals surface area contributed by atoms with Crippen molar-refractivity contribution in [2.45, 2.75) is 31.1 Å². The number of nitrogens with two attached hydrogens (primary N) is 1. The third-order valence-corrected chi connectivity index (χ3v) is 6.05. The molecule has 2 aromatic carbocycles. The second kappa shape index (κ2) is 8.25. The molecule has 4 nitrogen and oxygen atoms in total. The van der Waals surface area contributed by atoms with Gasteiger partial charge in [-0.1, -0.05) is 72.8 Å². The van der Waals surface area contributed by atoms with Crippen LogP contribution in [0.25, 0.3) is 0 Å². The molecule has 0 saturated heterocycles. The second-order valence-corrected chi connectivity index (χ2v) is 7.82. The molecule has 0 aromatic heterocycles. The summed E-state index contributed by atoms with van der Waals surface area (Å²) in [7, 11) is 0. The maximum atomic E-state index is 12.8. The minimum atomic E-state index is -0.578. The molecule has 1 atom stereocenters. The van der Waals surface area contributed by atoms with Gasteiger partial charge in [-0.15, -0.1) is 0 Å². The Morgan fingerprint density at radius 1 is 1.23 bits per heavy atom. The third-order valence-electron chi connectivity index (χ3n) is 4.35. The Morgan fingerprint density at radius 3 is 2.65 bits per heavy atom. The van der Waals surface area contributed by atoms with Crippen LogP contribution in [0, 0.1) is 0 Å². The number of hydrogen-bond donors (Lipinski definition) is 1. The molecule has 1 heterocycles. The second-order valence-electron chi connectivity index (χ2n) is 6.12. The van der Waals surface area contributed by atoms with Gasteiger partial charge in [0.25, 0.3) is 0 Å². The van der Waals surface area contributed by atoms with Crippen molar-refractivity contribution in [1.29, 1.82) is 0 Å². The maximum absolute atomic E-state index is 12.8. The molecule has 1 aliphatic heterocycles. The highest BCUT2D eigenvalue weighted by Crippen LogP contribution is 2.50. The van der Waals surface area contributed by atoms with Crippen LogP contribution in [0.1, 0.15) is 37.3 Å². The van der Waals surface area contributed by atoms with E-state index in [-0.39, 0.29) is 5.91 Å². The summed E-state index contributed by atoms with van der Waals surface area (Å²) >= 11 is 7.77. The molecule has 1 unspecified atom stereocenters. The van der Waals surface area contributed by atoms with Crippen molar-refractivity contribution in [3.63, 3.8) is 0 Å². The van der Waals surface area contributed by atoms with Gasteiger partial charge in [-0.3, -0.25) is 4.79 Å². The van der Waals surface area contributed by atoms with E-state index in [9.17, 15) is 4.79 Å². The minimum Gasteiger partial charge on any atom is -0.330 e. The molecule has 6 heteroatoms. The normalized spacial score (nSPS) is 19.5. The molecule has 1 amide bonds. The summed E-state index contributed by atoms with van der Waals surface area (Å²) in [6, 6.07) is 17.6. The standard InChI is InChI=1S/C20H22ClN3OS/c1-2-18(25)24-20(12-7-13-22,16-9-4-3-5-10-16)26-19(23-24)15-8-6-11-17(21)14-15/h3-6,8-11,14H,2,7,12-13,22H2,1H3. The Labute approximate surface area is 163 Å². The molecule has 0 fully saturated rings. The van der Waals surface area contributed by atoms with Gasteiger partial charge >= 0.3 is 0 Å². The molecule has 0 spiro atoms. The van der Waals surface area contributed by atoms with Gasteiger partial charge in [0.2, 0.25) is 5.91 Å². The van der Waals surface area contributed by atoms with Gasteiger partial charge < -0.3 is 5.73 Å². The molecule has 3 rings (SSSR count). The maximum Gasteiger partial charge on any atom is 0.244 e. The van der Waals surface area contributed by atoms with Crippen LogP contribution in [0.2, 0.25) is 5.02 Å². The van der Waals surface area contributed by atoms with Gasteiger partial charge in [-0.05, 0) is 37.1 Å². The fourth-order valence-corrected chi connectivity index (χ4v) is 4.67. The molecule has 2 N–H and O–H groups in total. The lowest BCUT2D eigenvalue weighted by molar-refractivity contribution is -0.134. The first kappa shape index (κ1) is 19.0. The molecule has 136 valence electrons. The van der Waals surface area contributed by atoms with Gasteiger partial charge in [0, 0.05) is 17.0 Å². The smallest absolute Gasteiger partial charge is 0.244 e. The SMILES string of the molecule is CCC(=O)N1N=C(c2cccc(Cl)c2)SC1(CCCN)c1ccccc1. The van der Waals surface area contributed by atoms with Gasteiger partial charge in [0.1, 0.15) is 9.91 Å². The number of hydrazone groups is 1. The topological polar surface area (TPSA) is 58.7 Å². The highest BCUT2D eigenvalue weighted by molar-refractivity contribution is 8.15. The number of benzene rings is 2. The van der Waals surface area contributed by atoms with E-state index in [4.69, 9.17) is 22.4 Å². The summed E-state index contributed by atoms with van der Waals surface area (Å²) in [5.74, 6) is -0.00426. The van der Waals surface area contributed by atoms with E-state index in [1.807, 2.05) is 49.4 Å². The first-order valence-electron chi connectivity index (χ1n) is 8.73. The zero-order chi connectivity index (χ0) is 18.6. The highest BCUT2D eigenvalue weighted by Gasteiger charge is 2.47. The van der Waals surface area contributed by atoms with Crippen LogP contribution in [-0.4, -0.2) is 22.5 Å². The zero-order valence-corrected chi connectivity index (χ0v) is 16.3. The van der Waals surface area contributed by atoms with Gasteiger partial charge in [-0.25, -0.2) is 5.01 Å². The van der Waals surface area contributed by atoms with Crippen LogP contribution < -0.4 is 5.73 Å². The van der Waals surface area contributed by atoms with Crippen molar-refractivity contribution in [3.05, 3.63) is 70.7 Å². The Kier molecular flexibility index (Phi) is 6.01. The number of carbonyl (C=O) groups is 1. The van der Waals surface area contributed by atoms with Gasteiger partial charge in [0.15, 0.2) is 0 Å². The molecule has 0 radical (unpaired) electrons. The molecular weight excluding hydrogens is 366 g/mol. The largest absolute Gasteiger partial charge is 0.330 e. The summed E-state index contributed by atoms with van der Waals surface area (Å²) in [6.45, 7) is 2.42. The van der Waals surface area contributed by atoms with Crippen LogP contribution in [0.4, 0.5) is 0 Å². The average Bonchev–Trinajstić information content (AvgIpc) is 3.07. The number of carbonyl (C=O) groups excluding carboxylic acids is 1. The Balaban J connectivity index is 2.09. The number of amides is 1. The van der Waals surface area contributed by atoms with Crippen LogP contribution in [0.15, 0.2) is 59.7 Å². The molecule has 0 aliphatic carbocycles. The van der Waals surface area contributed by atoms with Crippen LogP contribution >= 0.6 is 23.4 Å². The molecule has 0 saturated carbocycles. The number of halogens is 1. The quantitative estimate of drug-likeness (QED) is 0.789. The molecular formula is C20H22ClN3OS. The van der Waals surface area contributed by atoms with E-state index in [1.165, 1.54) is 0 Å². The predicted molar refractivity (Wildman–Crippen MR) is 109 cm³/mol. The summed E-state index contributed by atoms with van der Waals surface area (Å²) in [4.78, 5) is 12.2. The van der Waals surface area contributed by atoms with Crippen molar-refractivity contribution in [2.75, 3.05) is 6.54 Å². The van der Waals surface area contributed by atoms with Crippen LogP contribution in [0.5, 0.6) is 0 Å². The van der Waals surface area contributed by atoms with Gasteiger partial charge in [-0.2, -0.15) is 5.10 Å². The zero-order valence-electron chi connectivity index (χ0n) is 14.7. The van der Waals surface area contributed by atoms with Crippen molar-refractivity contribution >= 4 is 34.3 Å². The number of hydrogen-bond acceptors (Lipinski definition) is 4.